The average Bonchev–Trinajstić information content (AvgIpc) is 2.40. The van der Waals surface area contributed by atoms with Crippen LogP contribution in [-0.4, -0.2) is 0 Å². The molecule has 0 aliphatic rings. The fourth-order valence-corrected chi connectivity index (χ4v) is 2.47. The van der Waals surface area contributed by atoms with E-state index in [0.717, 1.165) is 16.1 Å². The molecule has 0 aromatic heterocycles. The van der Waals surface area contributed by atoms with E-state index in [4.69, 9.17) is 23.2 Å². The number of anilines is 1. The molecule has 0 unspecified atom stereocenters. The molecule has 112 valence electrons. The third-order valence-corrected chi connectivity index (χ3v) is 4.30. The van der Waals surface area contributed by atoms with E-state index in [0.29, 0.717) is 17.3 Å². The van der Waals surface area contributed by atoms with Gasteiger partial charge in [0.1, 0.15) is 0 Å². The number of benzene rings is 2. The topological polar surface area (TPSA) is 12.0 Å². The largest absolute Gasteiger partial charge is 0.417 e. The lowest BCUT2D eigenvalue weighted by atomic mass is 10.1. The number of nitrogens with one attached hydrogen (secondary N) is 1. The zero-order valence-electron chi connectivity index (χ0n) is 10.4. The van der Waals surface area contributed by atoms with E-state index in [1.165, 1.54) is 12.1 Å². The van der Waals surface area contributed by atoms with Gasteiger partial charge in [0.15, 0.2) is 0 Å². The summed E-state index contributed by atoms with van der Waals surface area (Å²) in [5.74, 6) is 0. The first-order valence-corrected chi connectivity index (χ1v) is 7.37. The van der Waals surface area contributed by atoms with Crippen LogP contribution in [0.25, 0.3) is 0 Å². The minimum absolute atomic E-state index is 0.317. The molecular formula is C14H9BrCl2F3N. The van der Waals surface area contributed by atoms with Crippen molar-refractivity contribution in [1.82, 2.24) is 0 Å². The summed E-state index contributed by atoms with van der Waals surface area (Å²) < 4.78 is 39.0. The molecule has 0 aliphatic heterocycles. The van der Waals surface area contributed by atoms with Gasteiger partial charge in [0.25, 0.3) is 0 Å². The van der Waals surface area contributed by atoms with Crippen LogP contribution < -0.4 is 5.32 Å². The lowest BCUT2D eigenvalue weighted by Gasteiger charge is -2.12. The van der Waals surface area contributed by atoms with Crippen LogP contribution in [0.2, 0.25) is 10.0 Å². The van der Waals surface area contributed by atoms with Crippen molar-refractivity contribution in [3.63, 3.8) is 0 Å². The van der Waals surface area contributed by atoms with Gasteiger partial charge in [0.05, 0.1) is 15.6 Å². The standard InChI is InChI=1S/C14H9BrCl2F3N/c15-11-5-8(1-3-13(11)17)7-21-9-2-4-12(16)10(6-9)14(18,19)20/h1-6,21H,7H2. The minimum atomic E-state index is -4.47. The van der Waals surface area contributed by atoms with Crippen LogP contribution in [0.3, 0.4) is 0 Å². The van der Waals surface area contributed by atoms with Gasteiger partial charge < -0.3 is 5.32 Å². The number of alkyl halides is 3. The number of halogens is 6. The monoisotopic (exact) mass is 397 g/mol. The Bertz CT molecular complexity index is 659. The lowest BCUT2D eigenvalue weighted by Crippen LogP contribution is -2.07. The average molecular weight is 399 g/mol. The van der Waals surface area contributed by atoms with Crippen molar-refractivity contribution >= 4 is 44.8 Å². The number of rotatable bonds is 3. The Morgan fingerprint density at radius 2 is 1.67 bits per heavy atom. The van der Waals surface area contributed by atoms with Crippen LogP contribution in [0.15, 0.2) is 40.9 Å². The van der Waals surface area contributed by atoms with Gasteiger partial charge in [-0.2, -0.15) is 13.2 Å². The smallest absolute Gasteiger partial charge is 0.381 e. The van der Waals surface area contributed by atoms with Crippen LogP contribution in [0.5, 0.6) is 0 Å². The van der Waals surface area contributed by atoms with Crippen molar-refractivity contribution in [3.8, 4) is 0 Å². The van der Waals surface area contributed by atoms with E-state index in [9.17, 15) is 13.2 Å². The van der Waals surface area contributed by atoms with Crippen molar-refractivity contribution in [2.45, 2.75) is 12.7 Å². The molecule has 0 amide bonds. The summed E-state index contributed by atoms with van der Waals surface area (Å²) in [7, 11) is 0. The second-order valence-corrected chi connectivity index (χ2v) is 5.96. The Balaban J connectivity index is 2.15. The molecule has 0 saturated heterocycles. The summed E-state index contributed by atoms with van der Waals surface area (Å²) in [5, 5.41) is 3.18. The highest BCUT2D eigenvalue weighted by molar-refractivity contribution is 9.10. The van der Waals surface area contributed by atoms with E-state index in [2.05, 4.69) is 21.2 Å². The maximum atomic E-state index is 12.8. The molecule has 0 fully saturated rings. The molecule has 0 heterocycles. The third kappa shape index (κ3) is 4.28. The zero-order valence-corrected chi connectivity index (χ0v) is 13.5. The van der Waals surface area contributed by atoms with E-state index in [1.807, 2.05) is 0 Å². The molecule has 2 aromatic carbocycles. The molecule has 0 atom stereocenters. The van der Waals surface area contributed by atoms with Crippen molar-refractivity contribution in [1.29, 1.82) is 0 Å². The summed E-state index contributed by atoms with van der Waals surface area (Å²) >= 11 is 14.7. The van der Waals surface area contributed by atoms with E-state index >= 15 is 0 Å². The molecule has 21 heavy (non-hydrogen) atoms. The highest BCUT2D eigenvalue weighted by Crippen LogP contribution is 2.36. The predicted molar refractivity (Wildman–Crippen MR) is 82.9 cm³/mol. The predicted octanol–water partition coefficient (Wildman–Crippen LogP) is 6.39. The van der Waals surface area contributed by atoms with Gasteiger partial charge in [0.2, 0.25) is 0 Å². The quantitative estimate of drug-likeness (QED) is 0.631. The molecule has 1 nitrogen and oxygen atoms in total. The van der Waals surface area contributed by atoms with Crippen molar-refractivity contribution in [3.05, 3.63) is 62.0 Å². The second-order valence-electron chi connectivity index (χ2n) is 4.29. The van der Waals surface area contributed by atoms with Gasteiger partial charge in [-0.3, -0.25) is 0 Å². The highest BCUT2D eigenvalue weighted by atomic mass is 79.9. The molecule has 2 aromatic rings. The summed E-state index contributed by atoms with van der Waals surface area (Å²) in [5.41, 5.74) is 0.374. The van der Waals surface area contributed by atoms with Crippen molar-refractivity contribution in [2.24, 2.45) is 0 Å². The van der Waals surface area contributed by atoms with Gasteiger partial charge in [-0.05, 0) is 51.8 Å². The van der Waals surface area contributed by atoms with Gasteiger partial charge in [-0.15, -0.1) is 0 Å². The Morgan fingerprint density at radius 3 is 2.29 bits per heavy atom. The normalized spacial score (nSPS) is 11.5. The summed E-state index contributed by atoms with van der Waals surface area (Å²) in [6.07, 6.45) is -4.47. The van der Waals surface area contributed by atoms with Crippen LogP contribution >= 0.6 is 39.1 Å². The Morgan fingerprint density at radius 1 is 1.00 bits per heavy atom. The van der Waals surface area contributed by atoms with E-state index < -0.39 is 11.7 Å². The maximum absolute atomic E-state index is 12.8. The summed E-state index contributed by atoms with van der Waals surface area (Å²) in [6.45, 7) is 0.370. The molecule has 2 rings (SSSR count). The first-order valence-electron chi connectivity index (χ1n) is 5.82. The maximum Gasteiger partial charge on any atom is 0.417 e. The minimum Gasteiger partial charge on any atom is -0.381 e. The molecule has 7 heteroatoms. The molecule has 1 N–H and O–H groups in total. The zero-order chi connectivity index (χ0) is 15.6. The van der Waals surface area contributed by atoms with Crippen LogP contribution in [0, 0.1) is 0 Å². The highest BCUT2D eigenvalue weighted by Gasteiger charge is 2.33. The SMILES string of the molecule is FC(F)(F)c1cc(NCc2ccc(Cl)c(Br)c2)ccc1Cl. The first kappa shape index (κ1) is 16.5. The van der Waals surface area contributed by atoms with Crippen LogP contribution in [0.1, 0.15) is 11.1 Å². The molecule has 0 aliphatic carbocycles. The summed E-state index contributed by atoms with van der Waals surface area (Å²) in [4.78, 5) is 0. The molecule has 0 radical (unpaired) electrons. The first-order chi connectivity index (χ1) is 9.77. The van der Waals surface area contributed by atoms with Crippen molar-refractivity contribution in [2.75, 3.05) is 5.32 Å². The number of hydrogen-bond acceptors (Lipinski definition) is 1. The Hall–Kier alpha value is -0.910. The molecule has 0 saturated carbocycles. The summed E-state index contributed by atoms with van der Waals surface area (Å²) in [6, 6.07) is 9.03. The van der Waals surface area contributed by atoms with Gasteiger partial charge in [-0.1, -0.05) is 29.3 Å². The van der Waals surface area contributed by atoms with Crippen LogP contribution in [0.4, 0.5) is 18.9 Å². The van der Waals surface area contributed by atoms with Crippen molar-refractivity contribution < 1.29 is 13.2 Å². The van der Waals surface area contributed by atoms with Crippen LogP contribution in [-0.2, 0) is 12.7 Å². The fourth-order valence-electron chi connectivity index (χ4n) is 1.71. The molecule has 0 bridgehead atoms. The van der Waals surface area contributed by atoms with E-state index in [-0.39, 0.29) is 5.02 Å². The van der Waals surface area contributed by atoms with Gasteiger partial charge >= 0.3 is 6.18 Å². The van der Waals surface area contributed by atoms with E-state index in [1.54, 1.807) is 18.2 Å². The Kier molecular flexibility index (Phi) is 5.07. The fraction of sp³-hybridized carbons (Fsp3) is 0.143. The second kappa shape index (κ2) is 6.46. The molecular weight excluding hydrogens is 390 g/mol. The Labute approximate surface area is 138 Å². The number of hydrogen-bond donors (Lipinski definition) is 1. The lowest BCUT2D eigenvalue weighted by molar-refractivity contribution is -0.137. The van der Waals surface area contributed by atoms with Gasteiger partial charge in [-0.25, -0.2) is 0 Å². The third-order valence-electron chi connectivity index (χ3n) is 2.75. The molecule has 0 spiro atoms. The van der Waals surface area contributed by atoms with Gasteiger partial charge in [0, 0.05) is 16.7 Å².